The van der Waals surface area contributed by atoms with Gasteiger partial charge in [-0.15, -0.1) is 0 Å². The van der Waals surface area contributed by atoms with Crippen LogP contribution in [-0.4, -0.2) is 45.1 Å². The van der Waals surface area contributed by atoms with Gasteiger partial charge in [0, 0.05) is 24.2 Å². The number of alkyl halides is 3. The van der Waals surface area contributed by atoms with Gasteiger partial charge in [-0.25, -0.2) is 14.5 Å². The molecule has 6 rings (SSSR count). The highest BCUT2D eigenvalue weighted by Crippen LogP contribution is 2.33. The van der Waals surface area contributed by atoms with Gasteiger partial charge in [0.05, 0.1) is 22.8 Å². The second-order valence-corrected chi connectivity index (χ2v) is 9.15. The molecule has 0 aliphatic heterocycles. The minimum Gasteiger partial charge on any atom is -0.360 e. The fraction of sp³-hybridized carbons (Fsp3) is 0.192. The van der Waals surface area contributed by atoms with Gasteiger partial charge in [-0.2, -0.15) is 23.4 Å². The smallest absolute Gasteiger partial charge is 0.360 e. The van der Waals surface area contributed by atoms with Crippen LogP contribution in [0.3, 0.4) is 0 Å². The number of benzene rings is 1. The van der Waals surface area contributed by atoms with E-state index in [2.05, 4.69) is 25.4 Å². The van der Waals surface area contributed by atoms with E-state index in [-0.39, 0.29) is 5.56 Å². The van der Waals surface area contributed by atoms with E-state index in [1.807, 2.05) is 50.2 Å². The minimum absolute atomic E-state index is 0.215. The van der Waals surface area contributed by atoms with Crippen molar-refractivity contribution in [3.63, 3.8) is 0 Å². The minimum atomic E-state index is -4.39. The van der Waals surface area contributed by atoms with Crippen LogP contribution in [0.5, 0.6) is 0 Å². The van der Waals surface area contributed by atoms with Gasteiger partial charge >= 0.3 is 6.18 Å². The maximum absolute atomic E-state index is 13.7. The highest BCUT2D eigenvalue weighted by Gasteiger charge is 2.29. The molecule has 1 atom stereocenters. The molecule has 0 saturated heterocycles. The highest BCUT2D eigenvalue weighted by molar-refractivity contribution is 6.00. The Morgan fingerprint density at radius 1 is 1.05 bits per heavy atom. The van der Waals surface area contributed by atoms with E-state index in [0.29, 0.717) is 45.1 Å². The van der Waals surface area contributed by atoms with Crippen LogP contribution in [0.4, 0.5) is 19.0 Å². The number of nitrogens with one attached hydrogen (secondary N) is 2. The number of nitrogens with zero attached hydrogens (tertiary/aromatic N) is 7. The molecule has 0 unspecified atom stereocenters. The summed E-state index contributed by atoms with van der Waals surface area (Å²) in [4.78, 5) is 25.4. The molecule has 0 spiro atoms. The zero-order valence-corrected chi connectivity index (χ0v) is 20.8. The van der Waals surface area contributed by atoms with Crippen LogP contribution in [0.2, 0.25) is 0 Å². The first-order chi connectivity index (χ1) is 18.7. The van der Waals surface area contributed by atoms with Crippen LogP contribution in [0, 0.1) is 6.92 Å². The molecule has 10 nitrogen and oxygen atoms in total. The summed E-state index contributed by atoms with van der Waals surface area (Å²) in [5.41, 5.74) is 3.07. The number of para-hydroxylation sites is 1. The van der Waals surface area contributed by atoms with Crippen molar-refractivity contribution >= 4 is 22.4 Å². The Kier molecular flexibility index (Phi) is 5.70. The van der Waals surface area contributed by atoms with E-state index in [1.54, 1.807) is 21.5 Å². The summed E-state index contributed by atoms with van der Waals surface area (Å²) < 4.78 is 42.6. The van der Waals surface area contributed by atoms with Gasteiger partial charge in [-0.1, -0.05) is 18.2 Å². The molecule has 0 amide bonds. The van der Waals surface area contributed by atoms with Gasteiger partial charge in [0.15, 0.2) is 5.82 Å². The molecule has 0 bridgehead atoms. The van der Waals surface area contributed by atoms with Crippen LogP contribution in [0.1, 0.15) is 24.4 Å². The van der Waals surface area contributed by atoms with Crippen molar-refractivity contribution in [2.45, 2.75) is 32.6 Å². The zero-order chi connectivity index (χ0) is 27.3. The molecule has 198 valence electrons. The van der Waals surface area contributed by atoms with Crippen LogP contribution in [0.15, 0.2) is 72.2 Å². The van der Waals surface area contributed by atoms with Gasteiger partial charge in [-0.3, -0.25) is 14.0 Å². The Bertz CT molecular complexity index is 1870. The van der Waals surface area contributed by atoms with E-state index in [1.165, 1.54) is 18.6 Å². The fourth-order valence-corrected chi connectivity index (χ4v) is 4.66. The number of halogens is 3. The molecular formula is C26H22F3N9O. The van der Waals surface area contributed by atoms with Crippen molar-refractivity contribution in [1.82, 2.24) is 38.9 Å². The number of anilines is 1. The molecule has 6 aromatic rings. The van der Waals surface area contributed by atoms with Crippen LogP contribution in [-0.2, 0) is 6.54 Å². The lowest BCUT2D eigenvalue weighted by Crippen LogP contribution is -2.29. The zero-order valence-electron chi connectivity index (χ0n) is 20.8. The molecule has 0 aliphatic carbocycles. The number of fused-ring (bicyclic) bond motifs is 2. The number of hydrogen-bond donors (Lipinski definition) is 2. The first-order valence-electron chi connectivity index (χ1n) is 12.0. The third kappa shape index (κ3) is 4.41. The Morgan fingerprint density at radius 2 is 1.85 bits per heavy atom. The van der Waals surface area contributed by atoms with Gasteiger partial charge in [0.2, 0.25) is 0 Å². The number of H-pyrrole nitrogens is 1. The van der Waals surface area contributed by atoms with Crippen LogP contribution >= 0.6 is 0 Å². The lowest BCUT2D eigenvalue weighted by Gasteiger charge is -2.20. The summed E-state index contributed by atoms with van der Waals surface area (Å²) in [5, 5.41) is 12.7. The number of aromatic amines is 1. The molecule has 0 saturated carbocycles. The van der Waals surface area contributed by atoms with Gasteiger partial charge < -0.3 is 10.3 Å². The summed E-state index contributed by atoms with van der Waals surface area (Å²) in [5.74, 6) is 0.847. The van der Waals surface area contributed by atoms with E-state index in [9.17, 15) is 18.0 Å². The van der Waals surface area contributed by atoms with Gasteiger partial charge in [0.1, 0.15) is 29.9 Å². The third-order valence-electron chi connectivity index (χ3n) is 6.40. The third-order valence-corrected chi connectivity index (χ3v) is 6.40. The van der Waals surface area contributed by atoms with Crippen molar-refractivity contribution in [2.75, 3.05) is 5.32 Å². The lowest BCUT2D eigenvalue weighted by molar-refractivity contribution is -0.142. The topological polar surface area (TPSA) is 111 Å². The summed E-state index contributed by atoms with van der Waals surface area (Å²) in [6.07, 6.45) is 1.62. The first kappa shape index (κ1) is 24.4. The maximum atomic E-state index is 13.7. The molecule has 1 aromatic carbocycles. The Labute approximate surface area is 218 Å². The normalized spacial score (nSPS) is 12.8. The largest absolute Gasteiger partial charge is 0.408 e. The molecule has 0 radical (unpaired) electrons. The Balaban J connectivity index is 1.44. The van der Waals surface area contributed by atoms with Crippen molar-refractivity contribution in [1.29, 1.82) is 0 Å². The monoisotopic (exact) mass is 533 g/mol. The van der Waals surface area contributed by atoms with Crippen molar-refractivity contribution in [3.8, 4) is 16.9 Å². The molecule has 0 aliphatic rings. The number of hydrogen-bond acceptors (Lipinski definition) is 6. The van der Waals surface area contributed by atoms with Gasteiger partial charge in [0.25, 0.3) is 5.56 Å². The Morgan fingerprint density at radius 3 is 2.62 bits per heavy atom. The standard InChI is InChI=1S/C26H22F3N9O/c1-15-8-11-37-21(15)25(39)38(17-6-4-3-5-7-17)24(35-37)16(2)33-23-20-18(12-30-22(20)31-14-32-23)19-9-10-36(34-19)13-26(27,28)29/h3-12,14,16H,13H2,1-2H3,(H2,30,31,32,33)/t16-/m0/s1. The molecule has 39 heavy (non-hydrogen) atoms. The SMILES string of the molecule is Cc1ccn2nc([C@H](C)Nc3ncnc4[nH]cc(-c5ccn(CC(F)(F)F)n5)c34)n(-c3ccccc3)c(=O)c12. The van der Waals surface area contributed by atoms with E-state index in [4.69, 9.17) is 5.10 Å². The quantitative estimate of drug-likeness (QED) is 0.322. The predicted molar refractivity (Wildman–Crippen MR) is 139 cm³/mol. The molecule has 5 heterocycles. The molecular weight excluding hydrogens is 511 g/mol. The average Bonchev–Trinajstić information content (AvgIpc) is 3.62. The molecule has 5 aromatic heterocycles. The Hall–Kier alpha value is -4.94. The molecule has 0 fully saturated rings. The lowest BCUT2D eigenvalue weighted by atomic mass is 10.1. The van der Waals surface area contributed by atoms with E-state index in [0.717, 1.165) is 10.2 Å². The van der Waals surface area contributed by atoms with E-state index >= 15 is 0 Å². The second kappa shape index (κ2) is 9.11. The van der Waals surface area contributed by atoms with E-state index < -0.39 is 18.8 Å². The fourth-order valence-electron chi connectivity index (χ4n) is 4.66. The maximum Gasteiger partial charge on any atom is 0.408 e. The van der Waals surface area contributed by atoms with Gasteiger partial charge in [-0.05, 0) is 43.7 Å². The highest BCUT2D eigenvalue weighted by atomic mass is 19.4. The van der Waals surface area contributed by atoms with Crippen LogP contribution < -0.4 is 10.9 Å². The summed E-state index contributed by atoms with van der Waals surface area (Å²) in [7, 11) is 0. The van der Waals surface area contributed by atoms with Crippen molar-refractivity contribution < 1.29 is 13.2 Å². The number of rotatable bonds is 6. The summed E-state index contributed by atoms with van der Waals surface area (Å²) in [6, 6.07) is 12.0. The summed E-state index contributed by atoms with van der Waals surface area (Å²) >= 11 is 0. The first-order valence-corrected chi connectivity index (χ1v) is 12.0. The van der Waals surface area contributed by atoms with Crippen molar-refractivity contribution in [3.05, 3.63) is 89.1 Å². The summed E-state index contributed by atoms with van der Waals surface area (Å²) in [6.45, 7) is 2.51. The van der Waals surface area contributed by atoms with Crippen molar-refractivity contribution in [2.24, 2.45) is 0 Å². The van der Waals surface area contributed by atoms with Crippen LogP contribution in [0.25, 0.3) is 33.5 Å². The number of aromatic nitrogens is 8. The number of aryl methyl sites for hydroxylation is 1. The molecule has 2 N–H and O–H groups in total. The second-order valence-electron chi connectivity index (χ2n) is 9.15. The predicted octanol–water partition coefficient (Wildman–Crippen LogP) is 4.66. The average molecular weight is 534 g/mol. The molecule has 13 heteroatoms.